The first-order valence-electron chi connectivity index (χ1n) is 4.53. The highest BCUT2D eigenvalue weighted by molar-refractivity contribution is 6.30. The molecule has 0 aliphatic carbocycles. The van der Waals surface area contributed by atoms with Gasteiger partial charge in [-0.15, -0.1) is 0 Å². The number of anilines is 1. The molecule has 1 saturated heterocycles. The predicted octanol–water partition coefficient (Wildman–Crippen LogP) is 1.28. The average Bonchev–Trinajstić information content (AvgIpc) is 2.18. The highest BCUT2D eigenvalue weighted by Gasteiger charge is 2.16. The van der Waals surface area contributed by atoms with Gasteiger partial charge >= 0.3 is 0 Å². The van der Waals surface area contributed by atoms with Crippen LogP contribution in [0.2, 0.25) is 5.02 Å². The summed E-state index contributed by atoms with van der Waals surface area (Å²) in [5, 5.41) is 3.49. The number of hydrogen-bond donors (Lipinski definition) is 1. The molecule has 1 heterocycles. The van der Waals surface area contributed by atoms with Gasteiger partial charge in [-0.25, -0.2) is 0 Å². The monoisotopic (exact) mass is 210 g/mol. The Hall–Kier alpha value is -1.22. The van der Waals surface area contributed by atoms with Crippen molar-refractivity contribution in [2.45, 2.75) is 0 Å². The summed E-state index contributed by atoms with van der Waals surface area (Å²) in [6.07, 6.45) is 0. The molecule has 3 nitrogen and oxygen atoms in total. The van der Waals surface area contributed by atoms with Crippen LogP contribution in [0.25, 0.3) is 0 Å². The van der Waals surface area contributed by atoms with Crippen LogP contribution >= 0.6 is 11.6 Å². The second kappa shape index (κ2) is 3.88. The van der Waals surface area contributed by atoms with E-state index >= 15 is 0 Å². The maximum absolute atomic E-state index is 11.1. The Morgan fingerprint density at radius 2 is 2.29 bits per heavy atom. The van der Waals surface area contributed by atoms with Gasteiger partial charge in [-0.3, -0.25) is 4.79 Å². The van der Waals surface area contributed by atoms with Crippen LogP contribution in [0.5, 0.6) is 0 Å². The Kier molecular flexibility index (Phi) is 2.59. The van der Waals surface area contributed by atoms with Gasteiger partial charge in [0, 0.05) is 23.8 Å². The summed E-state index contributed by atoms with van der Waals surface area (Å²) in [6.45, 7) is 1.96. The highest BCUT2D eigenvalue weighted by atomic mass is 35.5. The van der Waals surface area contributed by atoms with Crippen LogP contribution < -0.4 is 10.2 Å². The zero-order chi connectivity index (χ0) is 9.97. The number of nitrogens with zero attached hydrogens (tertiary/aromatic N) is 1. The van der Waals surface area contributed by atoms with Crippen LogP contribution in [-0.2, 0) is 4.79 Å². The van der Waals surface area contributed by atoms with Crippen molar-refractivity contribution in [2.24, 2.45) is 0 Å². The second-order valence-corrected chi connectivity index (χ2v) is 3.69. The zero-order valence-corrected chi connectivity index (χ0v) is 8.42. The summed E-state index contributed by atoms with van der Waals surface area (Å²) in [6, 6.07) is 7.56. The predicted molar refractivity (Wildman–Crippen MR) is 56.7 cm³/mol. The lowest BCUT2D eigenvalue weighted by atomic mass is 10.2. The summed E-state index contributed by atoms with van der Waals surface area (Å²) in [5.41, 5.74) is 1.01. The first-order chi connectivity index (χ1) is 6.75. The molecule has 0 aromatic heterocycles. The fourth-order valence-corrected chi connectivity index (χ4v) is 1.72. The fraction of sp³-hybridized carbons (Fsp3) is 0.300. The quantitative estimate of drug-likeness (QED) is 0.758. The van der Waals surface area contributed by atoms with Crippen LogP contribution in [0.1, 0.15) is 0 Å². The molecule has 4 heteroatoms. The van der Waals surface area contributed by atoms with Crippen molar-refractivity contribution in [2.75, 3.05) is 24.5 Å². The molecule has 1 aromatic carbocycles. The molecule has 1 aromatic rings. The van der Waals surface area contributed by atoms with Crippen LogP contribution in [-0.4, -0.2) is 25.5 Å². The van der Waals surface area contributed by atoms with E-state index in [0.29, 0.717) is 18.1 Å². The van der Waals surface area contributed by atoms with E-state index in [0.717, 1.165) is 12.2 Å². The Morgan fingerprint density at radius 3 is 3.00 bits per heavy atom. The molecule has 0 atom stereocenters. The minimum Gasteiger partial charge on any atom is -0.360 e. The molecule has 74 valence electrons. The largest absolute Gasteiger partial charge is 0.360 e. The number of hydrogen-bond acceptors (Lipinski definition) is 2. The van der Waals surface area contributed by atoms with E-state index in [1.54, 1.807) is 0 Å². The first-order valence-corrected chi connectivity index (χ1v) is 4.91. The maximum Gasteiger partial charge on any atom is 0.239 e. The molecule has 1 aliphatic heterocycles. The number of rotatable bonds is 1. The van der Waals surface area contributed by atoms with Gasteiger partial charge < -0.3 is 10.2 Å². The molecule has 0 radical (unpaired) electrons. The fourth-order valence-electron chi connectivity index (χ4n) is 1.53. The van der Waals surface area contributed by atoms with Crippen molar-refractivity contribution in [3.63, 3.8) is 0 Å². The van der Waals surface area contributed by atoms with Gasteiger partial charge in [-0.2, -0.15) is 0 Å². The van der Waals surface area contributed by atoms with Crippen molar-refractivity contribution in [1.82, 2.24) is 5.32 Å². The standard InChI is InChI=1S/C10H11ClN2O/c11-8-2-1-3-9(6-8)13-5-4-12-10(14)7-13/h1-3,6H,4-5,7H2,(H,12,14). The molecule has 0 unspecified atom stereocenters. The van der Waals surface area contributed by atoms with Crippen LogP contribution in [0.4, 0.5) is 5.69 Å². The maximum atomic E-state index is 11.1. The van der Waals surface area contributed by atoms with Crippen LogP contribution in [0.15, 0.2) is 24.3 Å². The number of carbonyl (C=O) groups excluding carboxylic acids is 1. The third-order valence-corrected chi connectivity index (χ3v) is 2.45. The summed E-state index contributed by atoms with van der Waals surface area (Å²) < 4.78 is 0. The van der Waals surface area contributed by atoms with Gasteiger partial charge in [0.05, 0.1) is 6.54 Å². The molecule has 0 spiro atoms. The molecular weight excluding hydrogens is 200 g/mol. The van der Waals surface area contributed by atoms with E-state index in [1.165, 1.54) is 0 Å². The lowest BCUT2D eigenvalue weighted by molar-refractivity contribution is -0.120. The molecular formula is C10H11ClN2O. The normalized spacial score (nSPS) is 16.6. The topological polar surface area (TPSA) is 32.3 Å². The number of nitrogens with one attached hydrogen (secondary N) is 1. The van der Waals surface area contributed by atoms with Gasteiger partial charge in [0.25, 0.3) is 0 Å². The second-order valence-electron chi connectivity index (χ2n) is 3.25. The van der Waals surface area contributed by atoms with Crippen molar-refractivity contribution in [3.8, 4) is 0 Å². The van der Waals surface area contributed by atoms with E-state index in [2.05, 4.69) is 5.32 Å². The third kappa shape index (κ3) is 1.99. The van der Waals surface area contributed by atoms with Gasteiger partial charge in [0.1, 0.15) is 0 Å². The van der Waals surface area contributed by atoms with Crippen molar-refractivity contribution in [1.29, 1.82) is 0 Å². The van der Waals surface area contributed by atoms with Crippen LogP contribution in [0.3, 0.4) is 0 Å². The molecule has 0 bridgehead atoms. The molecule has 2 rings (SSSR count). The summed E-state index contributed by atoms with van der Waals surface area (Å²) in [5.74, 6) is 0.0659. The smallest absolute Gasteiger partial charge is 0.239 e. The van der Waals surface area contributed by atoms with Crippen LogP contribution in [0, 0.1) is 0 Å². The minimum absolute atomic E-state index is 0.0659. The Labute approximate surface area is 87.7 Å². The molecule has 0 saturated carbocycles. The Bertz CT molecular complexity index is 354. The minimum atomic E-state index is 0.0659. The summed E-state index contributed by atoms with van der Waals surface area (Å²) in [7, 11) is 0. The van der Waals surface area contributed by atoms with Crippen molar-refractivity contribution >= 4 is 23.2 Å². The Morgan fingerprint density at radius 1 is 1.43 bits per heavy atom. The van der Waals surface area contributed by atoms with E-state index in [1.807, 2.05) is 29.2 Å². The Balaban J connectivity index is 2.17. The van der Waals surface area contributed by atoms with E-state index in [9.17, 15) is 4.79 Å². The molecule has 1 N–H and O–H groups in total. The molecule has 1 aliphatic rings. The van der Waals surface area contributed by atoms with E-state index < -0.39 is 0 Å². The number of amides is 1. The van der Waals surface area contributed by atoms with Gasteiger partial charge in [-0.05, 0) is 18.2 Å². The van der Waals surface area contributed by atoms with Gasteiger partial charge in [0.15, 0.2) is 0 Å². The third-order valence-electron chi connectivity index (χ3n) is 2.21. The number of halogens is 1. The van der Waals surface area contributed by atoms with Crippen molar-refractivity contribution < 1.29 is 4.79 Å². The van der Waals surface area contributed by atoms with Crippen molar-refractivity contribution in [3.05, 3.63) is 29.3 Å². The number of carbonyl (C=O) groups is 1. The lowest BCUT2D eigenvalue weighted by Gasteiger charge is -2.28. The lowest BCUT2D eigenvalue weighted by Crippen LogP contribution is -2.47. The molecule has 14 heavy (non-hydrogen) atoms. The summed E-state index contributed by atoms with van der Waals surface area (Å²) >= 11 is 5.87. The van der Waals surface area contributed by atoms with E-state index in [-0.39, 0.29) is 5.91 Å². The number of benzene rings is 1. The molecule has 1 fully saturated rings. The zero-order valence-electron chi connectivity index (χ0n) is 7.66. The average molecular weight is 211 g/mol. The van der Waals surface area contributed by atoms with Gasteiger partial charge in [-0.1, -0.05) is 17.7 Å². The van der Waals surface area contributed by atoms with Gasteiger partial charge in [0.2, 0.25) is 5.91 Å². The highest BCUT2D eigenvalue weighted by Crippen LogP contribution is 2.19. The van der Waals surface area contributed by atoms with E-state index in [4.69, 9.17) is 11.6 Å². The SMILES string of the molecule is O=C1CN(c2cccc(Cl)c2)CCN1. The first kappa shape index (κ1) is 9.34. The number of piperazine rings is 1. The summed E-state index contributed by atoms with van der Waals surface area (Å²) in [4.78, 5) is 13.2. The molecule has 1 amide bonds.